The Morgan fingerprint density at radius 1 is 0.327 bits per heavy atom. The molecule has 0 atom stereocenters. The Morgan fingerprint density at radius 3 is 1.05 bits per heavy atom. The van der Waals surface area contributed by atoms with E-state index < -0.39 is 57.2 Å². The van der Waals surface area contributed by atoms with E-state index in [2.05, 4.69) is 0 Å². The highest BCUT2D eigenvalue weighted by molar-refractivity contribution is 7.91. The fourth-order valence-corrected chi connectivity index (χ4v) is 14.2. The molecule has 542 valence electrons. The molecule has 0 unspecified atom stereocenters. The second kappa shape index (κ2) is 30.6. The van der Waals surface area contributed by atoms with E-state index >= 15 is 13.2 Å². The molecule has 0 aliphatic rings. The zero-order chi connectivity index (χ0) is 76.2. The first-order valence-corrected chi connectivity index (χ1v) is 38.3. The molecule has 0 bridgehead atoms. The number of rotatable bonds is 27. The largest absolute Gasteiger partial charge is 0.496 e. The molecular formula is C82H64O21S4. The Balaban J connectivity index is 0.901. The molecular weight excluding hydrogens is 1450 g/mol. The first-order valence-electron chi connectivity index (χ1n) is 32.5. The summed E-state index contributed by atoms with van der Waals surface area (Å²) in [6.07, 6.45) is 0. The summed E-state index contributed by atoms with van der Waals surface area (Å²) in [6.45, 7) is 7.25. The number of aryl methyl sites for hydroxylation is 2. The van der Waals surface area contributed by atoms with E-state index in [1.165, 1.54) is 147 Å². The van der Waals surface area contributed by atoms with E-state index in [-0.39, 0.29) is 111 Å². The molecule has 0 spiro atoms. The third-order valence-electron chi connectivity index (χ3n) is 17.2. The monoisotopic (exact) mass is 1510 g/mol. The minimum Gasteiger partial charge on any atom is -0.496 e. The lowest BCUT2D eigenvalue weighted by Gasteiger charge is -2.28. The van der Waals surface area contributed by atoms with E-state index in [4.69, 9.17) is 33.2 Å². The van der Waals surface area contributed by atoms with Gasteiger partial charge in [0.1, 0.15) is 64.1 Å². The predicted octanol–water partition coefficient (Wildman–Crippen LogP) is 17.4. The second-order valence-corrected chi connectivity index (χ2v) is 31.2. The topological polar surface area (TPSA) is 313 Å². The summed E-state index contributed by atoms with van der Waals surface area (Å²) in [5, 5.41) is 0. The van der Waals surface area contributed by atoms with E-state index in [0.29, 0.717) is 50.8 Å². The number of carbonyl (C=O) groups is 3. The highest BCUT2D eigenvalue weighted by atomic mass is 32.2. The van der Waals surface area contributed by atoms with Crippen molar-refractivity contribution in [2.24, 2.45) is 0 Å². The van der Waals surface area contributed by atoms with E-state index in [9.17, 15) is 48.5 Å². The van der Waals surface area contributed by atoms with Crippen molar-refractivity contribution in [2.45, 2.75) is 64.2 Å². The molecule has 12 aromatic rings. The summed E-state index contributed by atoms with van der Waals surface area (Å²) >= 11 is 0. The van der Waals surface area contributed by atoms with Crippen LogP contribution in [0.5, 0.6) is 69.0 Å². The van der Waals surface area contributed by atoms with Crippen molar-refractivity contribution in [1.29, 1.82) is 0 Å². The van der Waals surface area contributed by atoms with Gasteiger partial charge in [-0.25, -0.2) is 8.42 Å². The fourth-order valence-electron chi connectivity index (χ4n) is 11.3. The summed E-state index contributed by atoms with van der Waals surface area (Å²) in [5.41, 5.74) is 3.06. The highest BCUT2D eigenvalue weighted by Gasteiger charge is 2.31. The molecule has 12 aromatic carbocycles. The van der Waals surface area contributed by atoms with Crippen LogP contribution < -0.4 is 33.2 Å². The number of hydrogen-bond donors (Lipinski definition) is 3. The molecule has 0 amide bonds. The van der Waals surface area contributed by atoms with E-state index in [0.717, 1.165) is 17.7 Å². The van der Waals surface area contributed by atoms with Crippen molar-refractivity contribution >= 4 is 57.5 Å². The van der Waals surface area contributed by atoms with Gasteiger partial charge in [0, 0.05) is 33.7 Å². The average molecular weight is 1510 g/mol. The SMILES string of the molecule is COc1ccc(C(C)(C)c2ccc(Oc3ccc(S(=O)(=O)c4ccc(C)cc4C(=O)c4ccc(Oc5ccc(S(=O)(=O)O)cc5)cc4)cc3OCc3ccc(Oc4ccc(S(=O)(=O)O)cc4)cc3)c(C(=O)c3ccc(Oc4ccc(S(=O)(=O)O)cc4)cc3)c2)cc1C(=O)c1ccc(Oc2ccc(C)cc2)cc1. The Labute approximate surface area is 616 Å². The highest BCUT2D eigenvalue weighted by Crippen LogP contribution is 2.43. The number of benzene rings is 12. The quantitative estimate of drug-likeness (QED) is 0.0318. The van der Waals surface area contributed by atoms with Gasteiger partial charge in [-0.15, -0.1) is 0 Å². The molecule has 107 heavy (non-hydrogen) atoms. The fraction of sp³-hybridized carbons (Fsp3) is 0.0854. The summed E-state index contributed by atoms with van der Waals surface area (Å²) in [4.78, 5) is 42.8. The molecule has 12 rings (SSSR count). The lowest BCUT2D eigenvalue weighted by molar-refractivity contribution is 0.102. The van der Waals surface area contributed by atoms with Gasteiger partial charge < -0.3 is 33.2 Å². The van der Waals surface area contributed by atoms with Crippen LogP contribution in [0.25, 0.3) is 0 Å². The van der Waals surface area contributed by atoms with Gasteiger partial charge in [0.25, 0.3) is 30.4 Å². The van der Waals surface area contributed by atoms with Gasteiger partial charge in [-0.2, -0.15) is 25.3 Å². The van der Waals surface area contributed by atoms with Crippen molar-refractivity contribution in [1.82, 2.24) is 0 Å². The van der Waals surface area contributed by atoms with Crippen molar-refractivity contribution in [2.75, 3.05) is 7.11 Å². The van der Waals surface area contributed by atoms with Crippen LogP contribution in [0.1, 0.15) is 89.4 Å². The number of methoxy groups -OCH3 is 1. The minimum absolute atomic E-state index is 0.00500. The number of sulfone groups is 1. The Hall–Kier alpha value is -12.1. The van der Waals surface area contributed by atoms with Crippen LogP contribution >= 0.6 is 0 Å². The zero-order valence-corrected chi connectivity index (χ0v) is 60.7. The Kier molecular flexibility index (Phi) is 21.3. The molecule has 0 radical (unpaired) electrons. The van der Waals surface area contributed by atoms with Crippen molar-refractivity contribution < 1.29 is 94.9 Å². The number of ketones is 3. The lowest BCUT2D eigenvalue weighted by Crippen LogP contribution is -2.21. The molecule has 0 aliphatic heterocycles. The molecule has 3 N–H and O–H groups in total. The third kappa shape index (κ3) is 17.5. The average Bonchev–Trinajstić information content (AvgIpc) is 0.768. The maximum atomic E-state index is 15.4. The lowest BCUT2D eigenvalue weighted by atomic mass is 9.76. The standard InChI is InChI=1S/C82H64O21S4/c1-51-6-19-59(20-7-51)99-61-23-11-54(12-24-61)79(83)71-47-57(17-42-74(71)97-5)82(3,4)58-18-43-75(72(48-58)80(84)55-13-25-62(26-14-55)101-65-31-37-68(38-32-65)106(91,92)93)103-76-44-41-70(49-77(76)98-50-53-9-21-60(22-10-53)100-64-29-35-67(36-30-64)105(88,89)90)104(86,87)78-45-8-52(2)46-73(78)81(85)56-15-27-63(28-16-56)102-66-33-39-69(40-34-66)107(94,95)96/h6-49H,50H2,1-5H3,(H,88,89,90)(H,91,92,93)(H,94,95,96). The van der Waals surface area contributed by atoms with Crippen LogP contribution in [-0.4, -0.2) is 71.8 Å². The van der Waals surface area contributed by atoms with Crippen LogP contribution in [0.3, 0.4) is 0 Å². The first-order chi connectivity index (χ1) is 50.9. The van der Waals surface area contributed by atoms with E-state index in [1.807, 2.05) is 51.1 Å². The van der Waals surface area contributed by atoms with Crippen LogP contribution in [-0.2, 0) is 52.2 Å². The van der Waals surface area contributed by atoms with Crippen LogP contribution in [0.2, 0.25) is 0 Å². The molecule has 0 aliphatic carbocycles. The predicted molar refractivity (Wildman–Crippen MR) is 395 cm³/mol. The number of carbonyl (C=O) groups excluding carboxylic acids is 3. The molecule has 25 heteroatoms. The van der Waals surface area contributed by atoms with Crippen molar-refractivity contribution in [3.05, 3.63) is 328 Å². The molecule has 0 aromatic heterocycles. The minimum atomic E-state index is -4.66. The Morgan fingerprint density at radius 2 is 0.654 bits per heavy atom. The van der Waals surface area contributed by atoms with Gasteiger partial charge in [0.2, 0.25) is 9.84 Å². The number of hydrogen-bond acceptors (Lipinski definition) is 18. The van der Waals surface area contributed by atoms with E-state index in [1.54, 1.807) is 91.9 Å². The van der Waals surface area contributed by atoms with Gasteiger partial charge in [0.05, 0.1) is 42.7 Å². The maximum absolute atomic E-state index is 15.4. The molecule has 0 heterocycles. The smallest absolute Gasteiger partial charge is 0.294 e. The number of ether oxygens (including phenoxy) is 7. The van der Waals surface area contributed by atoms with Crippen LogP contribution in [0.4, 0.5) is 0 Å². The summed E-state index contributed by atoms with van der Waals surface area (Å²) in [6, 6.07) is 66.1. The molecule has 21 nitrogen and oxygen atoms in total. The van der Waals surface area contributed by atoms with Gasteiger partial charge in [-0.1, -0.05) is 67.4 Å². The van der Waals surface area contributed by atoms with Crippen LogP contribution in [0, 0.1) is 13.8 Å². The van der Waals surface area contributed by atoms with Crippen LogP contribution in [0.15, 0.2) is 291 Å². The molecule has 0 saturated carbocycles. The summed E-state index contributed by atoms with van der Waals surface area (Å²) in [7, 11) is -16.6. The van der Waals surface area contributed by atoms with Gasteiger partial charge in [-0.05, 0) is 249 Å². The molecule has 0 fully saturated rings. The third-order valence-corrected chi connectivity index (χ3v) is 21.6. The molecule has 0 saturated heterocycles. The van der Waals surface area contributed by atoms with Gasteiger partial charge >= 0.3 is 0 Å². The zero-order valence-electron chi connectivity index (χ0n) is 57.4. The van der Waals surface area contributed by atoms with Gasteiger partial charge in [0.15, 0.2) is 28.8 Å². The summed E-state index contributed by atoms with van der Waals surface area (Å²) < 4.78 is 172. The summed E-state index contributed by atoms with van der Waals surface area (Å²) in [5.74, 6) is 1.15. The van der Waals surface area contributed by atoms with Crippen molar-refractivity contribution in [3.63, 3.8) is 0 Å². The maximum Gasteiger partial charge on any atom is 0.294 e. The van der Waals surface area contributed by atoms with Crippen molar-refractivity contribution in [3.8, 4) is 69.0 Å². The van der Waals surface area contributed by atoms with Gasteiger partial charge in [-0.3, -0.25) is 28.0 Å². The second-order valence-electron chi connectivity index (χ2n) is 25.0. The normalized spacial score (nSPS) is 11.8. The first kappa shape index (κ1) is 74.6. The Bertz CT molecular complexity index is 5850.